The van der Waals surface area contributed by atoms with Gasteiger partial charge in [0.2, 0.25) is 0 Å². The van der Waals surface area contributed by atoms with Crippen molar-refractivity contribution in [3.05, 3.63) is 65.7 Å². The summed E-state index contributed by atoms with van der Waals surface area (Å²) < 4.78 is 5.74. The van der Waals surface area contributed by atoms with Crippen molar-refractivity contribution in [1.29, 1.82) is 0 Å². The molecule has 23 heavy (non-hydrogen) atoms. The molecule has 0 aliphatic heterocycles. The number of hydrogen-bond acceptors (Lipinski definition) is 3. The highest BCUT2D eigenvalue weighted by Crippen LogP contribution is 2.15. The summed E-state index contributed by atoms with van der Waals surface area (Å²) >= 11 is 0. The first kappa shape index (κ1) is 17.2. The molecule has 3 heteroatoms. The molecule has 0 aliphatic rings. The van der Waals surface area contributed by atoms with Crippen molar-refractivity contribution in [3.63, 3.8) is 0 Å². The number of carbonyl (C=O) groups excluding carboxylic acids is 1. The molecule has 2 rings (SSSR count). The third kappa shape index (κ3) is 5.53. The second kappa shape index (κ2) is 9.11. The van der Waals surface area contributed by atoms with E-state index in [0.717, 1.165) is 36.5 Å². The fourth-order valence-electron chi connectivity index (χ4n) is 2.42. The summed E-state index contributed by atoms with van der Waals surface area (Å²) in [6, 6.07) is 17.5. The van der Waals surface area contributed by atoms with Gasteiger partial charge in [0, 0.05) is 18.5 Å². The fraction of sp³-hybridized carbons (Fsp3) is 0.350. The Hall–Kier alpha value is -2.13. The molecule has 0 heterocycles. The molecule has 0 saturated carbocycles. The van der Waals surface area contributed by atoms with Crippen LogP contribution in [0, 0.1) is 0 Å². The minimum absolute atomic E-state index is 0.187. The molecule has 122 valence electrons. The summed E-state index contributed by atoms with van der Waals surface area (Å²) in [5.41, 5.74) is 1.89. The van der Waals surface area contributed by atoms with Gasteiger partial charge in [0.25, 0.3) is 0 Å². The zero-order valence-electron chi connectivity index (χ0n) is 14.0. The maximum atomic E-state index is 12.2. The van der Waals surface area contributed by atoms with Gasteiger partial charge in [-0.3, -0.25) is 4.79 Å². The summed E-state index contributed by atoms with van der Waals surface area (Å²) in [7, 11) is 0. The van der Waals surface area contributed by atoms with Gasteiger partial charge in [0.15, 0.2) is 5.78 Å². The smallest absolute Gasteiger partial charge is 0.164 e. The van der Waals surface area contributed by atoms with Crippen molar-refractivity contribution in [2.75, 3.05) is 19.6 Å². The Balaban J connectivity index is 1.85. The molecular formula is C20H25NO2. The lowest BCUT2D eigenvalue weighted by Crippen LogP contribution is -2.25. The molecule has 3 nitrogen and oxygen atoms in total. The summed E-state index contributed by atoms with van der Waals surface area (Å²) in [4.78, 5) is 14.5. The number of ketones is 1. The van der Waals surface area contributed by atoms with Crippen LogP contribution < -0.4 is 4.74 Å². The van der Waals surface area contributed by atoms with Crippen molar-refractivity contribution in [1.82, 2.24) is 4.90 Å². The predicted octanol–water partition coefficient (Wildman–Crippen LogP) is 4.18. The van der Waals surface area contributed by atoms with Crippen LogP contribution in [0.3, 0.4) is 0 Å². The minimum atomic E-state index is 0.187. The molecule has 0 N–H and O–H groups in total. The van der Waals surface area contributed by atoms with Crippen LogP contribution in [0.4, 0.5) is 0 Å². The van der Waals surface area contributed by atoms with Crippen LogP contribution in [0.15, 0.2) is 54.6 Å². The Morgan fingerprint density at radius 1 is 0.957 bits per heavy atom. The standard InChI is InChI=1S/C20H25NO2/c1-3-21(4-2)15-14-20(22)18-10-12-19(13-11-18)23-16-17-8-6-5-7-9-17/h5-13H,3-4,14-16H2,1-2H3. The number of ether oxygens (including phenoxy) is 1. The van der Waals surface area contributed by atoms with E-state index < -0.39 is 0 Å². The first-order valence-corrected chi connectivity index (χ1v) is 8.25. The second-order valence-electron chi connectivity index (χ2n) is 5.50. The van der Waals surface area contributed by atoms with E-state index >= 15 is 0 Å². The molecule has 0 radical (unpaired) electrons. The first-order valence-electron chi connectivity index (χ1n) is 8.25. The highest BCUT2D eigenvalue weighted by molar-refractivity contribution is 5.96. The number of Topliss-reactive ketones (excluding diaryl/α,β-unsaturated/α-hetero) is 1. The second-order valence-corrected chi connectivity index (χ2v) is 5.50. The highest BCUT2D eigenvalue weighted by atomic mass is 16.5. The van der Waals surface area contributed by atoms with E-state index in [0.29, 0.717) is 13.0 Å². The molecule has 0 aromatic heterocycles. The Labute approximate surface area is 138 Å². The Bertz CT molecular complexity index is 589. The summed E-state index contributed by atoms with van der Waals surface area (Å²) in [5, 5.41) is 0. The van der Waals surface area contributed by atoms with Crippen LogP contribution in [0.5, 0.6) is 5.75 Å². The van der Waals surface area contributed by atoms with Gasteiger partial charge in [-0.05, 0) is 42.9 Å². The molecule has 0 saturated heterocycles. The number of carbonyl (C=O) groups is 1. The number of rotatable bonds is 9. The SMILES string of the molecule is CCN(CC)CCC(=O)c1ccc(OCc2ccccc2)cc1. The normalized spacial score (nSPS) is 10.7. The highest BCUT2D eigenvalue weighted by Gasteiger charge is 2.08. The van der Waals surface area contributed by atoms with Gasteiger partial charge in [-0.1, -0.05) is 44.2 Å². The molecule has 0 spiro atoms. The lowest BCUT2D eigenvalue weighted by molar-refractivity contribution is 0.0966. The summed E-state index contributed by atoms with van der Waals surface area (Å²) in [6.45, 7) is 7.56. The van der Waals surface area contributed by atoms with Crippen LogP contribution in [-0.4, -0.2) is 30.3 Å². The van der Waals surface area contributed by atoms with Crippen molar-refractivity contribution in [3.8, 4) is 5.75 Å². The van der Waals surface area contributed by atoms with E-state index in [1.165, 1.54) is 0 Å². The molecule has 2 aromatic carbocycles. The quantitative estimate of drug-likeness (QED) is 0.651. The molecule has 0 unspecified atom stereocenters. The molecule has 0 amide bonds. The fourth-order valence-corrected chi connectivity index (χ4v) is 2.42. The van der Waals surface area contributed by atoms with E-state index in [1.807, 2.05) is 54.6 Å². The molecule has 2 aromatic rings. The first-order chi connectivity index (χ1) is 11.2. The van der Waals surface area contributed by atoms with Gasteiger partial charge < -0.3 is 9.64 Å². The van der Waals surface area contributed by atoms with Gasteiger partial charge in [-0.25, -0.2) is 0 Å². The van der Waals surface area contributed by atoms with Gasteiger partial charge in [-0.15, -0.1) is 0 Å². The van der Waals surface area contributed by atoms with Crippen molar-refractivity contribution < 1.29 is 9.53 Å². The van der Waals surface area contributed by atoms with Crippen molar-refractivity contribution in [2.45, 2.75) is 26.9 Å². The number of hydrogen-bond donors (Lipinski definition) is 0. The zero-order chi connectivity index (χ0) is 16.5. The summed E-state index contributed by atoms with van der Waals surface area (Å²) in [5.74, 6) is 0.973. The maximum absolute atomic E-state index is 12.2. The largest absolute Gasteiger partial charge is 0.489 e. The summed E-state index contributed by atoms with van der Waals surface area (Å²) in [6.07, 6.45) is 0.561. The molecule has 0 atom stereocenters. The molecule has 0 aliphatic carbocycles. The predicted molar refractivity (Wildman–Crippen MR) is 94.0 cm³/mol. The van der Waals surface area contributed by atoms with Crippen molar-refractivity contribution >= 4 is 5.78 Å². The van der Waals surface area contributed by atoms with E-state index in [1.54, 1.807) is 0 Å². The monoisotopic (exact) mass is 311 g/mol. The van der Waals surface area contributed by atoms with Gasteiger partial charge in [-0.2, -0.15) is 0 Å². The third-order valence-electron chi connectivity index (χ3n) is 3.97. The average Bonchev–Trinajstić information content (AvgIpc) is 2.62. The Kier molecular flexibility index (Phi) is 6.82. The number of nitrogens with zero attached hydrogens (tertiary/aromatic N) is 1. The van der Waals surface area contributed by atoms with Crippen LogP contribution in [0.2, 0.25) is 0 Å². The van der Waals surface area contributed by atoms with Crippen LogP contribution in [-0.2, 0) is 6.61 Å². The zero-order valence-corrected chi connectivity index (χ0v) is 14.0. The third-order valence-corrected chi connectivity index (χ3v) is 3.97. The van der Waals surface area contributed by atoms with Gasteiger partial charge in [0.05, 0.1) is 0 Å². The molecular weight excluding hydrogens is 286 g/mol. The van der Waals surface area contributed by atoms with Crippen LogP contribution in [0.1, 0.15) is 36.2 Å². The van der Waals surface area contributed by atoms with Crippen LogP contribution >= 0.6 is 0 Å². The van der Waals surface area contributed by atoms with Crippen LogP contribution in [0.25, 0.3) is 0 Å². The lowest BCUT2D eigenvalue weighted by atomic mass is 10.1. The maximum Gasteiger partial charge on any atom is 0.164 e. The molecule has 0 bridgehead atoms. The minimum Gasteiger partial charge on any atom is -0.489 e. The molecule has 0 fully saturated rings. The average molecular weight is 311 g/mol. The lowest BCUT2D eigenvalue weighted by Gasteiger charge is -2.17. The van der Waals surface area contributed by atoms with E-state index in [2.05, 4.69) is 18.7 Å². The van der Waals surface area contributed by atoms with Gasteiger partial charge in [0.1, 0.15) is 12.4 Å². The van der Waals surface area contributed by atoms with E-state index in [9.17, 15) is 4.79 Å². The van der Waals surface area contributed by atoms with Gasteiger partial charge >= 0.3 is 0 Å². The van der Waals surface area contributed by atoms with E-state index in [-0.39, 0.29) is 5.78 Å². The Morgan fingerprint density at radius 2 is 1.61 bits per heavy atom. The number of benzene rings is 2. The Morgan fingerprint density at radius 3 is 2.22 bits per heavy atom. The topological polar surface area (TPSA) is 29.5 Å². The van der Waals surface area contributed by atoms with Crippen molar-refractivity contribution in [2.24, 2.45) is 0 Å². The van der Waals surface area contributed by atoms with E-state index in [4.69, 9.17) is 4.74 Å².